The molecule has 344 valence electrons. The zero-order valence-electron chi connectivity index (χ0n) is 39.0. The van der Waals surface area contributed by atoms with E-state index in [0.29, 0.717) is 17.4 Å². The van der Waals surface area contributed by atoms with Crippen molar-refractivity contribution in [2.75, 3.05) is 40.9 Å². The minimum atomic E-state index is -4.34. The lowest BCUT2D eigenvalue weighted by Gasteiger charge is -2.25. The number of amides is 1. The highest BCUT2D eigenvalue weighted by atomic mass is 31.2. The van der Waals surface area contributed by atoms with Crippen LogP contribution >= 0.6 is 7.82 Å². The molecule has 0 aromatic rings. The molecule has 1 amide bonds. The van der Waals surface area contributed by atoms with Crippen molar-refractivity contribution in [1.82, 2.24) is 5.32 Å². The lowest BCUT2D eigenvalue weighted by atomic mass is 10.0. The molecule has 0 saturated heterocycles. The number of carbonyl (C=O) groups is 1. The smallest absolute Gasteiger partial charge is 0.387 e. The third kappa shape index (κ3) is 43.1. The highest BCUT2D eigenvalue weighted by Crippen LogP contribution is 2.43. The summed E-state index contributed by atoms with van der Waals surface area (Å²) in [5, 5.41) is 13.8. The van der Waals surface area contributed by atoms with Gasteiger partial charge in [0.2, 0.25) is 5.91 Å². The number of aliphatic hydroxyl groups excluding tert-OH is 1. The number of likely N-dealkylation sites (N-methyl/N-ethyl adjacent to an activating group) is 1. The monoisotopic (exact) mass is 842 g/mol. The zero-order valence-corrected chi connectivity index (χ0v) is 39.9. The van der Waals surface area contributed by atoms with Crippen molar-refractivity contribution < 1.29 is 32.9 Å². The normalized spacial score (nSPS) is 14.4. The Hall–Kier alpha value is -1.02. The third-order valence-corrected chi connectivity index (χ3v) is 12.2. The summed E-state index contributed by atoms with van der Waals surface area (Å²) in [5.74, 6) is -0.185. The van der Waals surface area contributed by atoms with Gasteiger partial charge < -0.3 is 19.8 Å². The minimum Gasteiger partial charge on any atom is -0.387 e. The van der Waals surface area contributed by atoms with Gasteiger partial charge in [-0.1, -0.05) is 218 Å². The molecule has 58 heavy (non-hydrogen) atoms. The van der Waals surface area contributed by atoms with Gasteiger partial charge in [0, 0.05) is 6.42 Å². The first-order valence-electron chi connectivity index (χ1n) is 24.7. The molecule has 0 bridgehead atoms. The van der Waals surface area contributed by atoms with Gasteiger partial charge in [-0.05, 0) is 32.1 Å². The maximum atomic E-state index is 12.9. The number of nitrogens with zero attached hydrogens (tertiary/aromatic N) is 1. The molecule has 0 fully saturated rings. The van der Waals surface area contributed by atoms with Crippen molar-refractivity contribution in [3.63, 3.8) is 0 Å². The fourth-order valence-electron chi connectivity index (χ4n) is 7.23. The first-order chi connectivity index (χ1) is 28.0. The minimum absolute atomic E-state index is 0.0581. The van der Waals surface area contributed by atoms with Crippen molar-refractivity contribution in [3.8, 4) is 0 Å². The van der Waals surface area contributed by atoms with Crippen LogP contribution in [0.15, 0.2) is 24.3 Å². The molecule has 0 aliphatic carbocycles. The number of aliphatic hydroxyl groups is 1. The molecule has 0 aromatic heterocycles. The molecule has 9 heteroatoms. The molecular formula is C49H98N2O6P+. The molecule has 0 aliphatic rings. The Morgan fingerprint density at radius 2 is 0.948 bits per heavy atom. The Balaban J connectivity index is 4.15. The second-order valence-corrected chi connectivity index (χ2v) is 19.6. The topological polar surface area (TPSA) is 105 Å². The van der Waals surface area contributed by atoms with Crippen LogP contribution in [0.2, 0.25) is 0 Å². The van der Waals surface area contributed by atoms with E-state index in [1.807, 2.05) is 27.2 Å². The van der Waals surface area contributed by atoms with Gasteiger partial charge in [-0.3, -0.25) is 13.8 Å². The lowest BCUT2D eigenvalue weighted by molar-refractivity contribution is -0.870. The molecule has 0 spiro atoms. The number of nitrogens with one attached hydrogen (secondary N) is 1. The van der Waals surface area contributed by atoms with Crippen LogP contribution in [-0.4, -0.2) is 73.4 Å². The van der Waals surface area contributed by atoms with Gasteiger partial charge in [-0.25, -0.2) is 4.57 Å². The molecule has 8 nitrogen and oxygen atoms in total. The summed E-state index contributed by atoms with van der Waals surface area (Å²) >= 11 is 0. The van der Waals surface area contributed by atoms with Crippen molar-refractivity contribution >= 4 is 13.7 Å². The second-order valence-electron chi connectivity index (χ2n) is 18.2. The molecule has 0 radical (unpaired) electrons. The van der Waals surface area contributed by atoms with Crippen LogP contribution in [0.4, 0.5) is 0 Å². The van der Waals surface area contributed by atoms with Crippen LogP contribution in [0.1, 0.15) is 232 Å². The summed E-state index contributed by atoms with van der Waals surface area (Å²) in [6, 6.07) is -0.857. The van der Waals surface area contributed by atoms with Crippen LogP contribution in [0.25, 0.3) is 0 Å². The van der Waals surface area contributed by atoms with Crippen LogP contribution in [0.5, 0.6) is 0 Å². The highest BCUT2D eigenvalue weighted by Gasteiger charge is 2.27. The number of phosphoric ester groups is 1. The van der Waals surface area contributed by atoms with Gasteiger partial charge in [0.25, 0.3) is 0 Å². The molecule has 0 aromatic carbocycles. The molecule has 3 N–H and O–H groups in total. The highest BCUT2D eigenvalue weighted by molar-refractivity contribution is 7.47. The van der Waals surface area contributed by atoms with E-state index in [1.54, 1.807) is 6.08 Å². The predicted octanol–water partition coefficient (Wildman–Crippen LogP) is 14.1. The lowest BCUT2D eigenvalue weighted by Crippen LogP contribution is -2.45. The first kappa shape index (κ1) is 57.0. The summed E-state index contributed by atoms with van der Waals surface area (Å²) in [6.45, 7) is 4.79. The van der Waals surface area contributed by atoms with Crippen molar-refractivity contribution in [2.24, 2.45) is 0 Å². The molecule has 0 rings (SSSR count). The van der Waals surface area contributed by atoms with E-state index >= 15 is 0 Å². The van der Waals surface area contributed by atoms with E-state index in [1.165, 1.54) is 173 Å². The summed E-state index contributed by atoms with van der Waals surface area (Å²) in [7, 11) is 1.56. The first-order valence-corrected chi connectivity index (χ1v) is 26.2. The standard InChI is InChI=1S/C49H97N2O6P/c1-6-8-10-12-14-16-18-19-20-21-22-23-24-25-26-27-28-29-30-31-33-35-37-39-41-43-49(53)50-47(46-57-58(54,55)56-45-44-51(3,4)5)48(52)42-40-38-36-34-32-17-15-13-11-9-7-2/h32,34,40,42,47-48,52H,6-31,33,35-39,41,43-46H2,1-5H3,(H-,50,53,54,55)/p+1/b34-32+,42-40+. The van der Waals surface area contributed by atoms with Crippen LogP contribution < -0.4 is 5.32 Å². The Bertz CT molecular complexity index is 1000. The molecular weight excluding hydrogens is 744 g/mol. The van der Waals surface area contributed by atoms with Crippen LogP contribution in [-0.2, 0) is 18.4 Å². The fourth-order valence-corrected chi connectivity index (χ4v) is 7.97. The summed E-state index contributed by atoms with van der Waals surface area (Å²) in [5.41, 5.74) is 0. The van der Waals surface area contributed by atoms with Gasteiger partial charge in [-0.2, -0.15) is 0 Å². The van der Waals surface area contributed by atoms with E-state index in [0.717, 1.165) is 38.5 Å². The molecule has 3 unspecified atom stereocenters. The molecule has 0 heterocycles. The number of allylic oxidation sites excluding steroid dienone is 3. The van der Waals surface area contributed by atoms with E-state index < -0.39 is 20.0 Å². The van der Waals surface area contributed by atoms with Gasteiger partial charge >= 0.3 is 7.82 Å². The zero-order chi connectivity index (χ0) is 42.8. The van der Waals surface area contributed by atoms with Crippen LogP contribution in [0.3, 0.4) is 0 Å². The number of unbranched alkanes of at least 4 members (excludes halogenated alkanes) is 30. The maximum absolute atomic E-state index is 12.9. The number of rotatable bonds is 45. The number of phosphoric acid groups is 1. The second kappa shape index (κ2) is 41.3. The Labute approximate surface area is 360 Å². The number of hydrogen-bond acceptors (Lipinski definition) is 5. The summed E-state index contributed by atoms with van der Waals surface area (Å²) in [6.07, 6.45) is 49.9. The van der Waals surface area contributed by atoms with Crippen molar-refractivity contribution in [1.29, 1.82) is 0 Å². The Morgan fingerprint density at radius 3 is 1.38 bits per heavy atom. The van der Waals surface area contributed by atoms with Gasteiger partial charge in [0.15, 0.2) is 0 Å². The van der Waals surface area contributed by atoms with Gasteiger partial charge in [0.1, 0.15) is 13.2 Å². The average Bonchev–Trinajstić information content (AvgIpc) is 3.17. The quantitative estimate of drug-likeness (QED) is 0.0244. The van der Waals surface area contributed by atoms with Gasteiger partial charge in [-0.15, -0.1) is 0 Å². The van der Waals surface area contributed by atoms with Crippen molar-refractivity contribution in [3.05, 3.63) is 24.3 Å². The number of quaternary nitrogens is 1. The van der Waals surface area contributed by atoms with Gasteiger partial charge in [0.05, 0.1) is 39.9 Å². The largest absolute Gasteiger partial charge is 0.472 e. The summed E-state index contributed by atoms with van der Waals surface area (Å²) in [4.78, 5) is 23.1. The van der Waals surface area contributed by atoms with E-state index in [-0.39, 0.29) is 19.1 Å². The number of carbonyl (C=O) groups excluding carboxylic acids is 1. The fraction of sp³-hybridized carbons (Fsp3) is 0.898. The van der Waals surface area contributed by atoms with Crippen LogP contribution in [0, 0.1) is 0 Å². The molecule has 0 aliphatic heterocycles. The molecule has 3 atom stereocenters. The third-order valence-electron chi connectivity index (χ3n) is 11.2. The van der Waals surface area contributed by atoms with E-state index in [9.17, 15) is 19.4 Å². The average molecular weight is 842 g/mol. The van der Waals surface area contributed by atoms with Crippen molar-refractivity contribution in [2.45, 2.75) is 244 Å². The predicted molar refractivity (Wildman–Crippen MR) is 249 cm³/mol. The molecule has 0 saturated carbocycles. The number of hydrogen-bond donors (Lipinski definition) is 3. The SMILES string of the molecule is CCCCCCC/C=C/CC/C=C/C(O)C(COP(=O)(O)OCC[N+](C)(C)C)NC(=O)CCCCCCCCCCCCCCCCCCCCCCCCCCC. The summed E-state index contributed by atoms with van der Waals surface area (Å²) < 4.78 is 23.5. The Morgan fingerprint density at radius 1 is 0.569 bits per heavy atom. The van der Waals surface area contributed by atoms with E-state index in [4.69, 9.17) is 9.05 Å². The Kier molecular flexibility index (Phi) is 40.6. The maximum Gasteiger partial charge on any atom is 0.472 e. The van der Waals surface area contributed by atoms with E-state index in [2.05, 4.69) is 31.3 Å².